The summed E-state index contributed by atoms with van der Waals surface area (Å²) in [5.74, 6) is -2.00. The van der Waals surface area contributed by atoms with E-state index in [0.29, 0.717) is 12.1 Å². The van der Waals surface area contributed by atoms with Crippen LogP contribution in [0.25, 0.3) is 11.3 Å². The molecule has 17 heavy (non-hydrogen) atoms. The van der Waals surface area contributed by atoms with Crippen molar-refractivity contribution < 1.29 is 14.3 Å². The number of carboxylic acids is 1. The monoisotopic (exact) mass is 234 g/mol. The topological polar surface area (TPSA) is 55.1 Å². The van der Waals surface area contributed by atoms with E-state index >= 15 is 0 Å². The average molecular weight is 234 g/mol. The van der Waals surface area contributed by atoms with Gasteiger partial charge in [-0.05, 0) is 25.1 Å². The van der Waals surface area contributed by atoms with E-state index in [-0.39, 0.29) is 5.56 Å². The molecule has 4 nitrogen and oxygen atoms in total. The van der Waals surface area contributed by atoms with Gasteiger partial charge >= 0.3 is 5.97 Å². The molecule has 5 heteroatoms. The van der Waals surface area contributed by atoms with Gasteiger partial charge < -0.3 is 5.11 Å². The van der Waals surface area contributed by atoms with E-state index in [0.717, 1.165) is 5.69 Å². The molecule has 1 aromatic carbocycles. The Bertz CT molecular complexity index is 563. The third-order valence-electron chi connectivity index (χ3n) is 2.51. The molecule has 0 aliphatic carbocycles. The van der Waals surface area contributed by atoms with Crippen LogP contribution in [0.4, 0.5) is 4.39 Å². The van der Waals surface area contributed by atoms with Crippen LogP contribution in [0.5, 0.6) is 0 Å². The molecule has 0 fully saturated rings. The van der Waals surface area contributed by atoms with E-state index in [4.69, 9.17) is 5.11 Å². The maximum Gasteiger partial charge on any atom is 0.338 e. The van der Waals surface area contributed by atoms with Gasteiger partial charge in [0.2, 0.25) is 0 Å². The normalized spacial score (nSPS) is 10.5. The highest BCUT2D eigenvalue weighted by molar-refractivity contribution is 5.88. The minimum Gasteiger partial charge on any atom is -0.478 e. The Morgan fingerprint density at radius 2 is 2.24 bits per heavy atom. The molecule has 0 aliphatic rings. The van der Waals surface area contributed by atoms with E-state index in [2.05, 4.69) is 5.10 Å². The summed E-state index contributed by atoms with van der Waals surface area (Å²) in [6.45, 7) is 2.60. The van der Waals surface area contributed by atoms with Gasteiger partial charge in [0.25, 0.3) is 0 Å². The highest BCUT2D eigenvalue weighted by Gasteiger charge is 2.12. The van der Waals surface area contributed by atoms with Crippen LogP contribution >= 0.6 is 0 Å². The van der Waals surface area contributed by atoms with Crippen LogP contribution in [-0.4, -0.2) is 20.9 Å². The molecule has 2 aromatic rings. The molecule has 0 radical (unpaired) electrons. The summed E-state index contributed by atoms with van der Waals surface area (Å²) >= 11 is 0. The van der Waals surface area contributed by atoms with E-state index in [1.807, 2.05) is 6.92 Å². The first kappa shape index (κ1) is 11.3. The number of aromatic carboxylic acids is 1. The van der Waals surface area contributed by atoms with Gasteiger partial charge in [-0.3, -0.25) is 4.68 Å². The first-order chi connectivity index (χ1) is 8.13. The second-order valence-electron chi connectivity index (χ2n) is 3.53. The van der Waals surface area contributed by atoms with E-state index in [1.54, 1.807) is 23.0 Å². The zero-order valence-corrected chi connectivity index (χ0v) is 9.22. The molecule has 0 saturated carbocycles. The molecule has 2 rings (SSSR count). The summed E-state index contributed by atoms with van der Waals surface area (Å²) < 4.78 is 15.2. The van der Waals surface area contributed by atoms with Crippen molar-refractivity contribution in [1.82, 2.24) is 9.78 Å². The molecule has 0 amide bonds. The number of rotatable bonds is 3. The summed E-state index contributed by atoms with van der Waals surface area (Å²) in [5.41, 5.74) is 1.06. The zero-order chi connectivity index (χ0) is 12.4. The predicted octanol–water partition coefficient (Wildman–Crippen LogP) is 2.41. The summed E-state index contributed by atoms with van der Waals surface area (Å²) in [6.07, 6.45) is 1.63. The molecule has 0 bridgehead atoms. The Morgan fingerprint density at radius 1 is 1.47 bits per heavy atom. The SMILES string of the molecule is CCn1nccc1-c1ccc(C(=O)O)c(F)c1. The molecular formula is C12H11FN2O2. The number of aryl methyl sites for hydroxylation is 1. The lowest BCUT2D eigenvalue weighted by atomic mass is 10.1. The number of hydrogen-bond acceptors (Lipinski definition) is 2. The maximum atomic E-state index is 13.5. The fourth-order valence-electron chi connectivity index (χ4n) is 1.68. The van der Waals surface area contributed by atoms with Gasteiger partial charge in [0.1, 0.15) is 5.82 Å². The highest BCUT2D eigenvalue weighted by Crippen LogP contribution is 2.21. The molecule has 0 unspecified atom stereocenters. The minimum atomic E-state index is -1.27. The molecule has 88 valence electrons. The Labute approximate surface area is 97.3 Å². The summed E-state index contributed by atoms with van der Waals surface area (Å²) in [4.78, 5) is 10.7. The largest absolute Gasteiger partial charge is 0.478 e. The molecule has 1 N–H and O–H groups in total. The standard InChI is InChI=1S/C12H11FN2O2/c1-2-15-11(5-6-14-15)8-3-4-9(12(16)17)10(13)7-8/h3-7H,2H2,1H3,(H,16,17). The summed E-state index contributed by atoms with van der Waals surface area (Å²) in [6, 6.07) is 5.82. The fraction of sp³-hybridized carbons (Fsp3) is 0.167. The molecule has 0 spiro atoms. The van der Waals surface area contributed by atoms with Crippen LogP contribution in [0, 0.1) is 5.82 Å². The van der Waals surface area contributed by atoms with Crippen LogP contribution < -0.4 is 0 Å². The maximum absolute atomic E-state index is 13.5. The van der Waals surface area contributed by atoms with Gasteiger partial charge in [-0.15, -0.1) is 0 Å². The van der Waals surface area contributed by atoms with Crippen molar-refractivity contribution in [2.24, 2.45) is 0 Å². The Hall–Kier alpha value is -2.17. The zero-order valence-electron chi connectivity index (χ0n) is 9.22. The number of aromatic nitrogens is 2. The molecule has 1 aromatic heterocycles. The number of nitrogens with zero attached hydrogens (tertiary/aromatic N) is 2. The number of hydrogen-bond donors (Lipinski definition) is 1. The van der Waals surface area contributed by atoms with Crippen molar-refractivity contribution >= 4 is 5.97 Å². The van der Waals surface area contributed by atoms with Crippen LogP contribution in [0.15, 0.2) is 30.5 Å². The van der Waals surface area contributed by atoms with Gasteiger partial charge in [-0.2, -0.15) is 5.10 Å². The lowest BCUT2D eigenvalue weighted by molar-refractivity contribution is 0.0692. The van der Waals surface area contributed by atoms with Crippen LogP contribution in [0.3, 0.4) is 0 Å². The van der Waals surface area contributed by atoms with E-state index in [1.165, 1.54) is 12.1 Å². The fourth-order valence-corrected chi connectivity index (χ4v) is 1.68. The quantitative estimate of drug-likeness (QED) is 0.887. The smallest absolute Gasteiger partial charge is 0.338 e. The average Bonchev–Trinajstić information content (AvgIpc) is 2.76. The number of carbonyl (C=O) groups is 1. The van der Waals surface area contributed by atoms with E-state index in [9.17, 15) is 9.18 Å². The predicted molar refractivity (Wildman–Crippen MR) is 60.3 cm³/mol. The van der Waals surface area contributed by atoms with Gasteiger partial charge in [0, 0.05) is 18.3 Å². The third kappa shape index (κ3) is 2.04. The third-order valence-corrected chi connectivity index (χ3v) is 2.51. The Kier molecular flexibility index (Phi) is 2.91. The second kappa shape index (κ2) is 4.37. The van der Waals surface area contributed by atoms with Crippen molar-refractivity contribution in [2.75, 3.05) is 0 Å². The summed E-state index contributed by atoms with van der Waals surface area (Å²) in [5, 5.41) is 12.8. The lowest BCUT2D eigenvalue weighted by Crippen LogP contribution is -2.02. The van der Waals surface area contributed by atoms with Crippen molar-refractivity contribution in [2.45, 2.75) is 13.5 Å². The van der Waals surface area contributed by atoms with Crippen molar-refractivity contribution in [1.29, 1.82) is 0 Å². The van der Waals surface area contributed by atoms with Crippen molar-refractivity contribution in [3.05, 3.63) is 41.8 Å². The van der Waals surface area contributed by atoms with E-state index < -0.39 is 11.8 Å². The first-order valence-corrected chi connectivity index (χ1v) is 5.18. The van der Waals surface area contributed by atoms with Gasteiger partial charge in [0.05, 0.1) is 11.3 Å². The van der Waals surface area contributed by atoms with Crippen molar-refractivity contribution in [3.63, 3.8) is 0 Å². The number of benzene rings is 1. The van der Waals surface area contributed by atoms with Gasteiger partial charge in [-0.1, -0.05) is 6.07 Å². The Balaban J connectivity index is 2.48. The van der Waals surface area contributed by atoms with Crippen LogP contribution in [0.2, 0.25) is 0 Å². The van der Waals surface area contributed by atoms with Gasteiger partial charge in [-0.25, -0.2) is 9.18 Å². The van der Waals surface area contributed by atoms with Crippen LogP contribution in [0.1, 0.15) is 17.3 Å². The molecule has 0 atom stereocenters. The molecular weight excluding hydrogens is 223 g/mol. The molecule has 1 heterocycles. The van der Waals surface area contributed by atoms with Gasteiger partial charge in [0.15, 0.2) is 0 Å². The molecule has 0 aliphatic heterocycles. The second-order valence-corrected chi connectivity index (χ2v) is 3.53. The van der Waals surface area contributed by atoms with Crippen LogP contribution in [-0.2, 0) is 6.54 Å². The minimum absolute atomic E-state index is 0.323. The first-order valence-electron chi connectivity index (χ1n) is 5.18. The lowest BCUT2D eigenvalue weighted by Gasteiger charge is -2.06. The number of carboxylic acid groups (broad SMARTS) is 1. The van der Waals surface area contributed by atoms with Crippen molar-refractivity contribution in [3.8, 4) is 11.3 Å². The number of halogens is 1. The summed E-state index contributed by atoms with van der Waals surface area (Å²) in [7, 11) is 0. The Morgan fingerprint density at radius 3 is 2.82 bits per heavy atom. The molecule has 0 saturated heterocycles. The highest BCUT2D eigenvalue weighted by atomic mass is 19.1.